The average Bonchev–Trinajstić information content (AvgIpc) is 2.32. The topological polar surface area (TPSA) is 23.5 Å². The molecule has 0 aromatic carbocycles. The molecule has 84 valence electrons. The third-order valence-corrected chi connectivity index (χ3v) is 4.14. The molecule has 3 heteroatoms. The Kier molecular flexibility index (Phi) is 4.16. The Balaban J connectivity index is 2.43. The molecular formula is C11H25NOSi. The molecule has 1 N–H and O–H groups in total. The van der Waals surface area contributed by atoms with E-state index in [1.54, 1.807) is 0 Å². The van der Waals surface area contributed by atoms with Gasteiger partial charge < -0.3 is 10.0 Å². The maximum absolute atomic E-state index is 9.41. The van der Waals surface area contributed by atoms with Crippen LogP contribution in [0.2, 0.25) is 19.6 Å². The summed E-state index contributed by atoms with van der Waals surface area (Å²) in [4.78, 5) is 2.61. The van der Waals surface area contributed by atoms with Gasteiger partial charge in [-0.1, -0.05) is 19.6 Å². The van der Waals surface area contributed by atoms with Gasteiger partial charge in [0.05, 0.1) is 14.2 Å². The van der Waals surface area contributed by atoms with Crippen molar-refractivity contribution in [1.29, 1.82) is 0 Å². The molecule has 0 aromatic rings. The Morgan fingerprint density at radius 2 is 2.07 bits per heavy atom. The molecular weight excluding hydrogens is 190 g/mol. The zero-order valence-corrected chi connectivity index (χ0v) is 11.1. The smallest absolute Gasteiger partial charge is 0.0599 e. The van der Waals surface area contributed by atoms with E-state index in [9.17, 15) is 5.11 Å². The van der Waals surface area contributed by atoms with Gasteiger partial charge >= 0.3 is 0 Å². The minimum absolute atomic E-state index is 0.137. The van der Waals surface area contributed by atoms with E-state index in [1.165, 1.54) is 25.6 Å². The molecule has 0 radical (unpaired) electrons. The number of hydrogen-bond acceptors (Lipinski definition) is 2. The fraction of sp³-hybridized carbons (Fsp3) is 1.00. The molecule has 2 unspecified atom stereocenters. The zero-order valence-electron chi connectivity index (χ0n) is 10.1. The zero-order chi connectivity index (χ0) is 10.8. The summed E-state index contributed by atoms with van der Waals surface area (Å²) in [5.74, 6) is 0. The molecule has 0 saturated carbocycles. The molecule has 1 fully saturated rings. The maximum Gasteiger partial charge on any atom is 0.0599 e. The van der Waals surface area contributed by atoms with E-state index in [-0.39, 0.29) is 6.10 Å². The highest BCUT2D eigenvalue weighted by Gasteiger charge is 2.29. The lowest BCUT2D eigenvalue weighted by Crippen LogP contribution is -2.43. The molecule has 0 amide bonds. The Hall–Kier alpha value is 0.137. The number of nitrogens with zero attached hydrogens (tertiary/aromatic N) is 1. The second-order valence-electron chi connectivity index (χ2n) is 5.91. The quantitative estimate of drug-likeness (QED) is 0.726. The molecule has 1 rings (SSSR count). The van der Waals surface area contributed by atoms with Crippen molar-refractivity contribution in [2.75, 3.05) is 12.7 Å². The highest BCUT2D eigenvalue weighted by atomic mass is 28.3. The highest BCUT2D eigenvalue weighted by molar-refractivity contribution is 6.76. The molecule has 1 heterocycles. The van der Waals surface area contributed by atoms with Gasteiger partial charge in [-0.15, -0.1) is 0 Å². The number of aliphatic hydroxyl groups excluding tert-OH is 1. The SMILES string of the molecule is CC(O)CC1CCCN1C[Si](C)(C)C. The number of aliphatic hydroxyl groups is 1. The van der Waals surface area contributed by atoms with Crippen molar-refractivity contribution < 1.29 is 5.11 Å². The van der Waals surface area contributed by atoms with Crippen molar-refractivity contribution in [2.24, 2.45) is 0 Å². The molecule has 1 aliphatic rings. The fourth-order valence-corrected chi connectivity index (χ4v) is 4.01. The minimum atomic E-state index is -0.971. The summed E-state index contributed by atoms with van der Waals surface area (Å²) in [5.41, 5.74) is 0. The first-order valence-corrected chi connectivity index (χ1v) is 9.51. The second-order valence-corrected chi connectivity index (χ2v) is 11.3. The summed E-state index contributed by atoms with van der Waals surface area (Å²) >= 11 is 0. The summed E-state index contributed by atoms with van der Waals surface area (Å²) in [6.45, 7) is 10.4. The first-order chi connectivity index (χ1) is 6.38. The van der Waals surface area contributed by atoms with Gasteiger partial charge in [0.1, 0.15) is 0 Å². The van der Waals surface area contributed by atoms with Gasteiger partial charge in [-0.05, 0) is 38.9 Å². The van der Waals surface area contributed by atoms with Gasteiger partial charge in [-0.2, -0.15) is 0 Å². The van der Waals surface area contributed by atoms with Crippen LogP contribution in [-0.4, -0.2) is 42.9 Å². The van der Waals surface area contributed by atoms with Crippen molar-refractivity contribution >= 4 is 8.07 Å². The van der Waals surface area contributed by atoms with Crippen molar-refractivity contribution in [2.45, 2.75) is 58.0 Å². The summed E-state index contributed by atoms with van der Waals surface area (Å²) < 4.78 is 0. The fourth-order valence-electron chi connectivity index (χ4n) is 2.37. The molecule has 14 heavy (non-hydrogen) atoms. The maximum atomic E-state index is 9.41. The molecule has 1 saturated heterocycles. The van der Waals surface area contributed by atoms with Crippen LogP contribution in [0, 0.1) is 0 Å². The van der Waals surface area contributed by atoms with E-state index in [2.05, 4.69) is 24.5 Å². The third kappa shape index (κ3) is 4.11. The van der Waals surface area contributed by atoms with Crippen LogP contribution in [0.1, 0.15) is 26.2 Å². The van der Waals surface area contributed by atoms with E-state index in [0.717, 1.165) is 6.42 Å². The van der Waals surface area contributed by atoms with E-state index in [4.69, 9.17) is 0 Å². The van der Waals surface area contributed by atoms with Gasteiger partial charge in [-0.3, -0.25) is 0 Å². The molecule has 0 spiro atoms. The number of rotatable bonds is 4. The van der Waals surface area contributed by atoms with E-state index in [0.29, 0.717) is 6.04 Å². The lowest BCUT2D eigenvalue weighted by atomic mass is 10.1. The third-order valence-electron chi connectivity index (χ3n) is 2.79. The van der Waals surface area contributed by atoms with Gasteiger partial charge in [0, 0.05) is 6.04 Å². The molecule has 0 aliphatic carbocycles. The summed E-state index contributed by atoms with van der Waals surface area (Å²) in [6, 6.07) is 0.654. The Labute approximate surface area is 89.3 Å². The van der Waals surface area contributed by atoms with Crippen LogP contribution in [0.15, 0.2) is 0 Å². The van der Waals surface area contributed by atoms with Crippen LogP contribution in [0.4, 0.5) is 0 Å². The van der Waals surface area contributed by atoms with Gasteiger partial charge in [0.15, 0.2) is 0 Å². The predicted molar refractivity (Wildman–Crippen MR) is 64.2 cm³/mol. The van der Waals surface area contributed by atoms with Crippen LogP contribution >= 0.6 is 0 Å². The minimum Gasteiger partial charge on any atom is -0.393 e. The molecule has 2 nitrogen and oxygen atoms in total. The number of likely N-dealkylation sites (tertiary alicyclic amines) is 1. The Morgan fingerprint density at radius 1 is 1.43 bits per heavy atom. The summed E-state index contributed by atoms with van der Waals surface area (Å²) in [7, 11) is -0.971. The van der Waals surface area contributed by atoms with Crippen LogP contribution in [-0.2, 0) is 0 Å². The standard InChI is InChI=1S/C11H25NOSi/c1-10(13)8-11-6-5-7-12(11)9-14(2,3)4/h10-11,13H,5-9H2,1-4H3. The van der Waals surface area contributed by atoms with E-state index in [1.807, 2.05) is 6.92 Å². The predicted octanol–water partition coefficient (Wildman–Crippen LogP) is 2.10. The Bertz CT molecular complexity index is 177. The van der Waals surface area contributed by atoms with Crippen molar-refractivity contribution in [3.63, 3.8) is 0 Å². The molecule has 0 bridgehead atoms. The first kappa shape index (κ1) is 12.2. The van der Waals surface area contributed by atoms with Gasteiger partial charge in [0.2, 0.25) is 0 Å². The average molecular weight is 215 g/mol. The first-order valence-electron chi connectivity index (χ1n) is 5.80. The largest absolute Gasteiger partial charge is 0.393 e. The van der Waals surface area contributed by atoms with Crippen molar-refractivity contribution in [1.82, 2.24) is 4.90 Å². The second kappa shape index (κ2) is 4.77. The van der Waals surface area contributed by atoms with Crippen molar-refractivity contribution in [3.05, 3.63) is 0 Å². The monoisotopic (exact) mass is 215 g/mol. The van der Waals surface area contributed by atoms with Crippen LogP contribution in [0.25, 0.3) is 0 Å². The lowest BCUT2D eigenvalue weighted by Gasteiger charge is -2.30. The molecule has 1 aliphatic heterocycles. The molecule has 2 atom stereocenters. The summed E-state index contributed by atoms with van der Waals surface area (Å²) in [6.07, 6.45) is 4.73. The van der Waals surface area contributed by atoms with Crippen molar-refractivity contribution in [3.8, 4) is 0 Å². The highest BCUT2D eigenvalue weighted by Crippen LogP contribution is 2.22. The van der Waals surface area contributed by atoms with E-state index < -0.39 is 8.07 Å². The lowest BCUT2D eigenvalue weighted by molar-refractivity contribution is 0.141. The Morgan fingerprint density at radius 3 is 2.57 bits per heavy atom. The van der Waals surface area contributed by atoms with Gasteiger partial charge in [-0.25, -0.2) is 0 Å². The molecule has 0 aromatic heterocycles. The van der Waals surface area contributed by atoms with E-state index >= 15 is 0 Å². The van der Waals surface area contributed by atoms with Crippen LogP contribution in [0.3, 0.4) is 0 Å². The van der Waals surface area contributed by atoms with Crippen LogP contribution < -0.4 is 0 Å². The van der Waals surface area contributed by atoms with Gasteiger partial charge in [0.25, 0.3) is 0 Å². The normalized spacial score (nSPS) is 26.8. The number of hydrogen-bond donors (Lipinski definition) is 1. The van der Waals surface area contributed by atoms with Crippen LogP contribution in [0.5, 0.6) is 0 Å². The summed E-state index contributed by atoms with van der Waals surface area (Å²) in [5, 5.41) is 9.41.